The summed E-state index contributed by atoms with van der Waals surface area (Å²) < 4.78 is 5.21. The fraction of sp³-hybridized carbons (Fsp3) is 0.333. The summed E-state index contributed by atoms with van der Waals surface area (Å²) in [5.41, 5.74) is 0.993. The highest BCUT2D eigenvalue weighted by Crippen LogP contribution is 2.22. The molecule has 7 heteroatoms. The Labute approximate surface area is 115 Å². The summed E-state index contributed by atoms with van der Waals surface area (Å²) in [6, 6.07) is 0.988. The first-order valence-corrected chi connectivity index (χ1v) is 6.46. The van der Waals surface area contributed by atoms with Gasteiger partial charge >= 0.3 is 12.0 Å². The van der Waals surface area contributed by atoms with Crippen molar-refractivity contribution in [3.05, 3.63) is 29.2 Å². The lowest BCUT2D eigenvalue weighted by atomic mass is 10.3. The van der Waals surface area contributed by atoms with Crippen molar-refractivity contribution in [1.82, 2.24) is 5.32 Å². The molecule has 1 aromatic rings. The van der Waals surface area contributed by atoms with E-state index in [0.29, 0.717) is 24.8 Å². The molecule has 0 bridgehead atoms. The van der Waals surface area contributed by atoms with Crippen LogP contribution < -0.4 is 10.6 Å². The number of hydrogen-bond acceptors (Lipinski definition) is 4. The van der Waals surface area contributed by atoms with Crippen molar-refractivity contribution in [3.8, 4) is 0 Å². The molecule has 0 aliphatic heterocycles. The van der Waals surface area contributed by atoms with Crippen molar-refractivity contribution in [1.29, 1.82) is 0 Å². The number of carboxylic acids is 1. The minimum absolute atomic E-state index is 0.0821. The molecule has 2 amide bonds. The molecule has 0 saturated heterocycles. The van der Waals surface area contributed by atoms with Crippen LogP contribution in [0.25, 0.3) is 0 Å². The van der Waals surface area contributed by atoms with Crippen molar-refractivity contribution in [2.75, 3.05) is 25.1 Å². The van der Waals surface area contributed by atoms with Gasteiger partial charge in [0.25, 0.3) is 0 Å². The number of carbonyl (C=O) groups is 2. The SMILES string of the molecule is C=C(C)COCCNC(=O)Nc1sccc1C(=O)O. The van der Waals surface area contributed by atoms with Gasteiger partial charge in [-0.15, -0.1) is 11.3 Å². The predicted octanol–water partition coefficient (Wildman–Crippen LogP) is 2.16. The first-order valence-electron chi connectivity index (χ1n) is 5.58. The van der Waals surface area contributed by atoms with Gasteiger partial charge < -0.3 is 15.2 Å². The van der Waals surface area contributed by atoms with Crippen LogP contribution in [0.15, 0.2) is 23.6 Å². The molecule has 1 heterocycles. The van der Waals surface area contributed by atoms with Crippen LogP contribution in [-0.2, 0) is 4.74 Å². The van der Waals surface area contributed by atoms with Gasteiger partial charge in [0.15, 0.2) is 0 Å². The summed E-state index contributed by atoms with van der Waals surface area (Å²) in [7, 11) is 0. The van der Waals surface area contributed by atoms with Gasteiger partial charge in [-0.3, -0.25) is 5.32 Å². The van der Waals surface area contributed by atoms with Gasteiger partial charge in [-0.05, 0) is 18.4 Å². The molecule has 0 aliphatic rings. The molecule has 0 saturated carbocycles. The predicted molar refractivity (Wildman–Crippen MR) is 73.9 cm³/mol. The van der Waals surface area contributed by atoms with Crippen LogP contribution in [-0.4, -0.2) is 36.9 Å². The second-order valence-corrected chi connectivity index (χ2v) is 4.78. The summed E-state index contributed by atoms with van der Waals surface area (Å²) in [6.07, 6.45) is 0. The number of amides is 2. The second kappa shape index (κ2) is 7.55. The number of urea groups is 1. The van der Waals surface area contributed by atoms with E-state index in [1.165, 1.54) is 6.07 Å². The Balaban J connectivity index is 2.29. The fourth-order valence-electron chi connectivity index (χ4n) is 1.20. The number of aromatic carboxylic acids is 1. The molecule has 104 valence electrons. The maximum absolute atomic E-state index is 11.5. The van der Waals surface area contributed by atoms with Crippen LogP contribution in [0.2, 0.25) is 0 Å². The monoisotopic (exact) mass is 284 g/mol. The molecule has 6 nitrogen and oxygen atoms in total. The number of carboxylic acid groups (broad SMARTS) is 1. The largest absolute Gasteiger partial charge is 0.478 e. The van der Waals surface area contributed by atoms with Crippen LogP contribution in [0.5, 0.6) is 0 Å². The van der Waals surface area contributed by atoms with E-state index in [1.54, 1.807) is 5.38 Å². The van der Waals surface area contributed by atoms with Crippen LogP contribution in [0.1, 0.15) is 17.3 Å². The summed E-state index contributed by atoms with van der Waals surface area (Å²) in [4.78, 5) is 22.3. The normalized spacial score (nSPS) is 9.95. The molecular weight excluding hydrogens is 268 g/mol. The van der Waals surface area contributed by atoms with E-state index < -0.39 is 12.0 Å². The summed E-state index contributed by atoms with van der Waals surface area (Å²) in [5.74, 6) is -1.07. The lowest BCUT2D eigenvalue weighted by molar-refractivity contribution is 0.0698. The Bertz CT molecular complexity index is 470. The third kappa shape index (κ3) is 5.54. The Morgan fingerprint density at radius 1 is 1.53 bits per heavy atom. The highest BCUT2D eigenvalue weighted by Gasteiger charge is 2.13. The molecule has 3 N–H and O–H groups in total. The highest BCUT2D eigenvalue weighted by molar-refractivity contribution is 7.14. The van der Waals surface area contributed by atoms with E-state index in [-0.39, 0.29) is 5.56 Å². The molecule has 19 heavy (non-hydrogen) atoms. The highest BCUT2D eigenvalue weighted by atomic mass is 32.1. The number of nitrogens with one attached hydrogen (secondary N) is 2. The summed E-state index contributed by atoms with van der Waals surface area (Å²) in [5, 5.41) is 15.8. The molecule has 0 atom stereocenters. The minimum atomic E-state index is -1.07. The molecule has 1 aromatic heterocycles. The Morgan fingerprint density at radius 3 is 2.89 bits per heavy atom. The molecule has 0 unspecified atom stereocenters. The first-order chi connectivity index (χ1) is 9.00. The molecule has 0 aromatic carbocycles. The molecule has 0 spiro atoms. The quantitative estimate of drug-likeness (QED) is 0.529. The van der Waals surface area contributed by atoms with Gasteiger partial charge in [0.05, 0.1) is 18.8 Å². The van der Waals surface area contributed by atoms with E-state index in [4.69, 9.17) is 9.84 Å². The van der Waals surface area contributed by atoms with Gasteiger partial charge in [-0.2, -0.15) is 0 Å². The molecule has 0 fully saturated rings. The Hall–Kier alpha value is -1.86. The first kappa shape index (κ1) is 15.2. The maximum atomic E-state index is 11.5. The zero-order valence-electron chi connectivity index (χ0n) is 10.6. The van der Waals surface area contributed by atoms with Crippen molar-refractivity contribution in [2.45, 2.75) is 6.92 Å². The van der Waals surface area contributed by atoms with Gasteiger partial charge in [0, 0.05) is 6.54 Å². The topological polar surface area (TPSA) is 87.7 Å². The minimum Gasteiger partial charge on any atom is -0.478 e. The average molecular weight is 284 g/mol. The second-order valence-electron chi connectivity index (χ2n) is 3.86. The molecular formula is C12H16N2O4S. The van der Waals surface area contributed by atoms with Crippen LogP contribution in [0.4, 0.5) is 9.80 Å². The third-order valence-electron chi connectivity index (χ3n) is 2.00. The van der Waals surface area contributed by atoms with Gasteiger partial charge in [-0.1, -0.05) is 12.2 Å². The number of ether oxygens (including phenoxy) is 1. The smallest absolute Gasteiger partial charge is 0.338 e. The van der Waals surface area contributed by atoms with E-state index in [2.05, 4.69) is 17.2 Å². The molecule has 0 radical (unpaired) electrons. The number of rotatable bonds is 7. The van der Waals surface area contributed by atoms with Crippen molar-refractivity contribution < 1.29 is 19.4 Å². The maximum Gasteiger partial charge on any atom is 0.338 e. The van der Waals surface area contributed by atoms with E-state index in [0.717, 1.165) is 16.9 Å². The summed E-state index contributed by atoms with van der Waals surface area (Å²) in [6.45, 7) is 6.70. The van der Waals surface area contributed by atoms with E-state index >= 15 is 0 Å². The molecule has 0 aliphatic carbocycles. The van der Waals surface area contributed by atoms with E-state index in [1.807, 2.05) is 6.92 Å². The lowest BCUT2D eigenvalue weighted by Crippen LogP contribution is -2.31. The third-order valence-corrected chi connectivity index (χ3v) is 2.83. The van der Waals surface area contributed by atoms with Crippen molar-refractivity contribution >= 4 is 28.3 Å². The van der Waals surface area contributed by atoms with Crippen LogP contribution >= 0.6 is 11.3 Å². The van der Waals surface area contributed by atoms with Crippen molar-refractivity contribution in [2.24, 2.45) is 0 Å². The van der Waals surface area contributed by atoms with Gasteiger partial charge in [0.2, 0.25) is 0 Å². The standard InChI is InChI=1S/C12H16N2O4S/c1-8(2)7-18-5-4-13-12(17)14-10-9(11(15)16)3-6-19-10/h3,6H,1,4-5,7H2,2H3,(H,15,16)(H2,13,14,17). The number of thiophene rings is 1. The van der Waals surface area contributed by atoms with Crippen molar-refractivity contribution in [3.63, 3.8) is 0 Å². The molecule has 1 rings (SSSR count). The number of carbonyl (C=O) groups excluding carboxylic acids is 1. The zero-order chi connectivity index (χ0) is 14.3. The van der Waals surface area contributed by atoms with Gasteiger partial charge in [-0.25, -0.2) is 9.59 Å². The van der Waals surface area contributed by atoms with Crippen LogP contribution in [0.3, 0.4) is 0 Å². The fourth-order valence-corrected chi connectivity index (χ4v) is 1.98. The number of hydrogen-bond donors (Lipinski definition) is 3. The number of anilines is 1. The van der Waals surface area contributed by atoms with Gasteiger partial charge in [0.1, 0.15) is 5.00 Å². The van der Waals surface area contributed by atoms with E-state index in [9.17, 15) is 9.59 Å². The van der Waals surface area contributed by atoms with Crippen LogP contribution in [0, 0.1) is 0 Å². The Kier molecular flexibility index (Phi) is 6.04. The lowest BCUT2D eigenvalue weighted by Gasteiger charge is -2.07. The zero-order valence-corrected chi connectivity index (χ0v) is 11.4. The average Bonchev–Trinajstić information content (AvgIpc) is 2.76. The Morgan fingerprint density at radius 2 is 2.26 bits per heavy atom. The summed E-state index contributed by atoms with van der Waals surface area (Å²) >= 11 is 1.16.